The molecule has 0 radical (unpaired) electrons. The van der Waals surface area contributed by atoms with Crippen LogP contribution in [0.25, 0.3) is 0 Å². The molecule has 2 rings (SSSR count). The van der Waals surface area contributed by atoms with Gasteiger partial charge in [0.15, 0.2) is 0 Å². The number of benzene rings is 1. The monoisotopic (exact) mass is 287 g/mol. The number of nitrogens with zero attached hydrogens (tertiary/aromatic N) is 1. The molecule has 1 aromatic rings. The Kier molecular flexibility index (Phi) is 3.77. The summed E-state index contributed by atoms with van der Waals surface area (Å²) in [6.45, 7) is 1.67. The van der Waals surface area contributed by atoms with Gasteiger partial charge in [0.25, 0.3) is 0 Å². The van der Waals surface area contributed by atoms with E-state index in [1.54, 1.807) is 12.1 Å². The van der Waals surface area contributed by atoms with Gasteiger partial charge in [0.05, 0.1) is 23.5 Å². The van der Waals surface area contributed by atoms with E-state index >= 15 is 0 Å². The van der Waals surface area contributed by atoms with E-state index in [0.717, 1.165) is 30.7 Å². The Morgan fingerprint density at radius 1 is 1.50 bits per heavy atom. The molecule has 0 saturated heterocycles. The highest BCUT2D eigenvalue weighted by atomic mass is 35.5. The van der Waals surface area contributed by atoms with Gasteiger partial charge in [0, 0.05) is 13.0 Å². The Morgan fingerprint density at radius 2 is 2.28 bits per heavy atom. The SMILES string of the molecule is CS(=O)(=O)Nc1ccc(CC2=NCCN2)cc1Cl. The standard InChI is InChI=1S/C11H14ClN3O2S/c1-18(16,17)15-10-3-2-8(6-9(10)12)7-11-13-4-5-14-11/h2-3,6,15H,4-5,7H2,1H3,(H,13,14). The predicted molar refractivity (Wildman–Crippen MR) is 73.9 cm³/mol. The second kappa shape index (κ2) is 5.16. The lowest BCUT2D eigenvalue weighted by molar-refractivity contribution is 0.607. The minimum Gasteiger partial charge on any atom is -0.372 e. The molecular weight excluding hydrogens is 274 g/mol. The molecule has 0 aliphatic carbocycles. The van der Waals surface area contributed by atoms with Crippen LogP contribution in [0.2, 0.25) is 5.02 Å². The third-order valence-corrected chi connectivity index (χ3v) is 3.35. The van der Waals surface area contributed by atoms with E-state index in [-0.39, 0.29) is 0 Å². The van der Waals surface area contributed by atoms with Gasteiger partial charge in [-0.2, -0.15) is 0 Å². The average molecular weight is 288 g/mol. The molecule has 5 nitrogen and oxygen atoms in total. The van der Waals surface area contributed by atoms with Gasteiger partial charge in [-0.3, -0.25) is 9.71 Å². The van der Waals surface area contributed by atoms with Crippen LogP contribution in [-0.2, 0) is 16.4 Å². The first-order valence-corrected chi connectivity index (χ1v) is 7.74. The second-order valence-electron chi connectivity index (χ2n) is 4.12. The zero-order chi connectivity index (χ0) is 13.2. The highest BCUT2D eigenvalue weighted by Gasteiger charge is 2.10. The van der Waals surface area contributed by atoms with Crippen LogP contribution in [0.1, 0.15) is 5.56 Å². The molecule has 1 aromatic carbocycles. The number of halogens is 1. The Hall–Kier alpha value is -1.27. The molecule has 0 fully saturated rings. The predicted octanol–water partition coefficient (Wildman–Crippen LogP) is 1.26. The van der Waals surface area contributed by atoms with Crippen molar-refractivity contribution in [1.82, 2.24) is 5.32 Å². The van der Waals surface area contributed by atoms with E-state index in [2.05, 4.69) is 15.0 Å². The minimum absolute atomic E-state index is 0.386. The summed E-state index contributed by atoms with van der Waals surface area (Å²) in [7, 11) is -3.31. The summed E-state index contributed by atoms with van der Waals surface area (Å²) in [5, 5.41) is 3.56. The molecule has 0 atom stereocenters. The van der Waals surface area contributed by atoms with Gasteiger partial charge >= 0.3 is 0 Å². The molecule has 2 N–H and O–H groups in total. The Balaban J connectivity index is 2.14. The largest absolute Gasteiger partial charge is 0.372 e. The van der Waals surface area contributed by atoms with Gasteiger partial charge in [-0.25, -0.2) is 8.42 Å². The maximum absolute atomic E-state index is 11.1. The molecule has 0 bridgehead atoms. The lowest BCUT2D eigenvalue weighted by atomic mass is 10.1. The van der Waals surface area contributed by atoms with E-state index in [1.165, 1.54) is 0 Å². The van der Waals surface area contributed by atoms with Crippen molar-refractivity contribution in [3.63, 3.8) is 0 Å². The van der Waals surface area contributed by atoms with Gasteiger partial charge in [0.2, 0.25) is 10.0 Å². The van der Waals surface area contributed by atoms with E-state index in [0.29, 0.717) is 17.1 Å². The van der Waals surface area contributed by atoms with Crippen LogP contribution in [0.5, 0.6) is 0 Å². The molecule has 0 unspecified atom stereocenters. The van der Waals surface area contributed by atoms with Crippen LogP contribution in [0.15, 0.2) is 23.2 Å². The number of hydrogen-bond donors (Lipinski definition) is 2. The summed E-state index contributed by atoms with van der Waals surface area (Å²) in [6, 6.07) is 5.24. The zero-order valence-electron chi connectivity index (χ0n) is 9.90. The second-order valence-corrected chi connectivity index (χ2v) is 6.28. The van der Waals surface area contributed by atoms with Crippen molar-refractivity contribution in [3.05, 3.63) is 28.8 Å². The number of sulfonamides is 1. The third kappa shape index (κ3) is 3.61. The fourth-order valence-electron chi connectivity index (χ4n) is 1.71. The normalized spacial score (nSPS) is 15.1. The fourth-order valence-corrected chi connectivity index (χ4v) is 2.59. The summed E-state index contributed by atoms with van der Waals surface area (Å²) < 4.78 is 24.6. The summed E-state index contributed by atoms with van der Waals surface area (Å²) >= 11 is 6.03. The van der Waals surface area contributed by atoms with Gasteiger partial charge in [-0.05, 0) is 17.7 Å². The number of anilines is 1. The van der Waals surface area contributed by atoms with Crippen molar-refractivity contribution < 1.29 is 8.42 Å². The number of rotatable bonds is 4. The molecule has 0 spiro atoms. The third-order valence-electron chi connectivity index (χ3n) is 2.44. The van der Waals surface area contributed by atoms with Crippen LogP contribution >= 0.6 is 11.6 Å². The first-order chi connectivity index (χ1) is 8.44. The van der Waals surface area contributed by atoms with Crippen molar-refractivity contribution in [3.8, 4) is 0 Å². The van der Waals surface area contributed by atoms with E-state index < -0.39 is 10.0 Å². The molecule has 0 aromatic heterocycles. The zero-order valence-corrected chi connectivity index (χ0v) is 11.5. The van der Waals surface area contributed by atoms with E-state index in [4.69, 9.17) is 11.6 Å². The summed E-state index contributed by atoms with van der Waals surface area (Å²) in [5.74, 6) is 0.940. The first kappa shape index (κ1) is 13.2. The molecule has 0 amide bonds. The van der Waals surface area contributed by atoms with Crippen molar-refractivity contribution in [2.24, 2.45) is 4.99 Å². The topological polar surface area (TPSA) is 70.6 Å². The molecule has 18 heavy (non-hydrogen) atoms. The molecule has 7 heteroatoms. The lowest BCUT2D eigenvalue weighted by Crippen LogP contribution is -2.20. The van der Waals surface area contributed by atoms with E-state index in [1.807, 2.05) is 6.07 Å². The van der Waals surface area contributed by atoms with Gasteiger partial charge in [-0.15, -0.1) is 0 Å². The van der Waals surface area contributed by atoms with Gasteiger partial charge < -0.3 is 5.32 Å². The highest BCUT2D eigenvalue weighted by Crippen LogP contribution is 2.24. The molecule has 1 aliphatic rings. The van der Waals surface area contributed by atoms with Crippen LogP contribution in [0, 0.1) is 0 Å². The first-order valence-electron chi connectivity index (χ1n) is 5.47. The average Bonchev–Trinajstić information content (AvgIpc) is 2.73. The highest BCUT2D eigenvalue weighted by molar-refractivity contribution is 7.92. The Labute approximate surface area is 111 Å². The fraction of sp³-hybridized carbons (Fsp3) is 0.364. The van der Waals surface area contributed by atoms with E-state index in [9.17, 15) is 8.42 Å². The summed E-state index contributed by atoms with van der Waals surface area (Å²) in [5.41, 5.74) is 1.39. The van der Waals surface area contributed by atoms with Crippen LogP contribution in [0.4, 0.5) is 5.69 Å². The Morgan fingerprint density at radius 3 is 2.83 bits per heavy atom. The number of nitrogens with one attached hydrogen (secondary N) is 2. The smallest absolute Gasteiger partial charge is 0.229 e. The van der Waals surface area contributed by atoms with Gasteiger partial charge in [-0.1, -0.05) is 17.7 Å². The van der Waals surface area contributed by atoms with Crippen LogP contribution in [-0.4, -0.2) is 33.6 Å². The molecule has 1 aliphatic heterocycles. The summed E-state index contributed by atoms with van der Waals surface area (Å²) in [4.78, 5) is 4.29. The molecule has 98 valence electrons. The van der Waals surface area contributed by atoms with Crippen LogP contribution in [0.3, 0.4) is 0 Å². The van der Waals surface area contributed by atoms with Crippen molar-refractivity contribution >= 4 is 33.1 Å². The summed E-state index contributed by atoms with van der Waals surface area (Å²) in [6.07, 6.45) is 1.77. The molecular formula is C11H14ClN3O2S. The lowest BCUT2D eigenvalue weighted by Gasteiger charge is -2.08. The van der Waals surface area contributed by atoms with Crippen molar-refractivity contribution in [2.75, 3.05) is 24.1 Å². The Bertz CT molecular complexity index is 584. The number of hydrogen-bond acceptors (Lipinski definition) is 4. The maximum Gasteiger partial charge on any atom is 0.229 e. The quantitative estimate of drug-likeness (QED) is 0.876. The van der Waals surface area contributed by atoms with Crippen LogP contribution < -0.4 is 10.0 Å². The number of amidine groups is 1. The minimum atomic E-state index is -3.31. The van der Waals surface area contributed by atoms with Gasteiger partial charge in [0.1, 0.15) is 5.84 Å². The molecule has 0 saturated carbocycles. The van der Waals surface area contributed by atoms with Crippen molar-refractivity contribution in [1.29, 1.82) is 0 Å². The number of aliphatic imine (C=N–C) groups is 1. The van der Waals surface area contributed by atoms with Crippen molar-refractivity contribution in [2.45, 2.75) is 6.42 Å². The molecule has 1 heterocycles. The maximum atomic E-state index is 11.1.